The maximum atomic E-state index is 12.9. The summed E-state index contributed by atoms with van der Waals surface area (Å²) in [5, 5.41) is 0.171. The Hall–Kier alpha value is -1.45. The molecular formula is C18H21ClN2O4S2. The van der Waals surface area contributed by atoms with E-state index in [0.29, 0.717) is 0 Å². The summed E-state index contributed by atoms with van der Waals surface area (Å²) in [6.45, 7) is 4.07. The van der Waals surface area contributed by atoms with E-state index in [9.17, 15) is 16.8 Å². The third-order valence-electron chi connectivity index (χ3n) is 4.56. The molecule has 2 aromatic rings. The molecule has 0 unspecified atom stereocenters. The monoisotopic (exact) mass is 428 g/mol. The van der Waals surface area contributed by atoms with Crippen molar-refractivity contribution in [3.63, 3.8) is 0 Å². The minimum atomic E-state index is -3.77. The minimum Gasteiger partial charge on any atom is -0.207 e. The molecule has 1 fully saturated rings. The lowest BCUT2D eigenvalue weighted by Crippen LogP contribution is -2.50. The van der Waals surface area contributed by atoms with Gasteiger partial charge in [0, 0.05) is 26.2 Å². The molecule has 1 heterocycles. The Morgan fingerprint density at radius 2 is 1.22 bits per heavy atom. The van der Waals surface area contributed by atoms with E-state index in [4.69, 9.17) is 11.6 Å². The van der Waals surface area contributed by atoms with Gasteiger partial charge in [0.05, 0.1) is 9.92 Å². The van der Waals surface area contributed by atoms with Gasteiger partial charge in [-0.25, -0.2) is 16.8 Å². The van der Waals surface area contributed by atoms with Gasteiger partial charge >= 0.3 is 0 Å². The highest BCUT2D eigenvalue weighted by molar-refractivity contribution is 7.89. The van der Waals surface area contributed by atoms with Crippen LogP contribution in [0.5, 0.6) is 0 Å². The van der Waals surface area contributed by atoms with E-state index in [2.05, 4.69) is 0 Å². The van der Waals surface area contributed by atoms with Crippen LogP contribution in [0.3, 0.4) is 0 Å². The van der Waals surface area contributed by atoms with Gasteiger partial charge < -0.3 is 0 Å². The van der Waals surface area contributed by atoms with Crippen LogP contribution in [-0.4, -0.2) is 51.6 Å². The Labute approximate surface area is 165 Å². The van der Waals surface area contributed by atoms with E-state index in [0.717, 1.165) is 11.1 Å². The fourth-order valence-electron chi connectivity index (χ4n) is 2.96. The van der Waals surface area contributed by atoms with Crippen LogP contribution in [0.2, 0.25) is 5.02 Å². The number of aryl methyl sites for hydroxylation is 2. The summed E-state index contributed by atoms with van der Waals surface area (Å²) in [6.07, 6.45) is 0. The normalized spacial score (nSPS) is 17.1. The number of piperazine rings is 1. The third kappa shape index (κ3) is 4.05. The van der Waals surface area contributed by atoms with E-state index < -0.39 is 20.0 Å². The second kappa shape index (κ2) is 7.52. The smallest absolute Gasteiger partial charge is 0.207 e. The number of halogens is 1. The Morgan fingerprint density at radius 1 is 0.741 bits per heavy atom. The zero-order valence-corrected chi connectivity index (χ0v) is 17.5. The van der Waals surface area contributed by atoms with Crippen molar-refractivity contribution in [2.75, 3.05) is 26.2 Å². The Balaban J connectivity index is 1.77. The summed E-state index contributed by atoms with van der Waals surface area (Å²) in [5.74, 6) is 0. The molecule has 0 atom stereocenters. The molecule has 0 aromatic heterocycles. The van der Waals surface area contributed by atoms with Crippen molar-refractivity contribution in [2.45, 2.75) is 23.6 Å². The molecule has 1 aliphatic rings. The van der Waals surface area contributed by atoms with Crippen LogP contribution in [0.15, 0.2) is 52.3 Å². The number of sulfonamides is 2. The molecule has 27 heavy (non-hydrogen) atoms. The number of rotatable bonds is 4. The molecular weight excluding hydrogens is 408 g/mol. The van der Waals surface area contributed by atoms with Gasteiger partial charge in [0.25, 0.3) is 0 Å². The SMILES string of the molecule is Cc1ccc(S(=O)(=O)N2CCN(S(=O)(=O)c3ccc(C)cc3Cl)CC2)cc1. The molecule has 9 heteroatoms. The van der Waals surface area contributed by atoms with Crippen LogP contribution in [0.25, 0.3) is 0 Å². The van der Waals surface area contributed by atoms with Crippen LogP contribution in [0, 0.1) is 13.8 Å². The highest BCUT2D eigenvalue weighted by atomic mass is 35.5. The Morgan fingerprint density at radius 3 is 1.74 bits per heavy atom. The quantitative estimate of drug-likeness (QED) is 0.750. The molecule has 6 nitrogen and oxygen atoms in total. The first kappa shape index (κ1) is 20.3. The van der Waals surface area contributed by atoms with Crippen LogP contribution in [0.1, 0.15) is 11.1 Å². The number of hydrogen-bond donors (Lipinski definition) is 0. The topological polar surface area (TPSA) is 74.8 Å². The lowest BCUT2D eigenvalue weighted by atomic mass is 10.2. The summed E-state index contributed by atoms with van der Waals surface area (Å²) in [6, 6.07) is 11.4. The Bertz CT molecular complexity index is 1040. The summed E-state index contributed by atoms with van der Waals surface area (Å²) < 4.78 is 53.8. The van der Waals surface area contributed by atoms with Crippen molar-refractivity contribution >= 4 is 31.6 Å². The fraction of sp³-hybridized carbons (Fsp3) is 0.333. The van der Waals surface area contributed by atoms with Crippen molar-refractivity contribution in [3.8, 4) is 0 Å². The van der Waals surface area contributed by atoms with Gasteiger partial charge in [-0.3, -0.25) is 0 Å². The first-order valence-corrected chi connectivity index (χ1v) is 11.7. The summed E-state index contributed by atoms with van der Waals surface area (Å²) in [7, 11) is -7.41. The highest BCUT2D eigenvalue weighted by Gasteiger charge is 2.34. The largest absolute Gasteiger partial charge is 0.244 e. The maximum absolute atomic E-state index is 12.9. The van der Waals surface area contributed by atoms with Gasteiger partial charge in [0.2, 0.25) is 20.0 Å². The van der Waals surface area contributed by atoms with Gasteiger partial charge in [-0.2, -0.15) is 8.61 Å². The van der Waals surface area contributed by atoms with E-state index >= 15 is 0 Å². The molecule has 2 aromatic carbocycles. The molecule has 0 bridgehead atoms. The van der Waals surface area contributed by atoms with E-state index in [-0.39, 0.29) is 41.0 Å². The molecule has 0 amide bonds. The van der Waals surface area contributed by atoms with Crippen molar-refractivity contribution in [2.24, 2.45) is 0 Å². The van der Waals surface area contributed by atoms with Crippen LogP contribution in [-0.2, 0) is 20.0 Å². The lowest BCUT2D eigenvalue weighted by molar-refractivity contribution is 0.273. The van der Waals surface area contributed by atoms with E-state index in [1.807, 2.05) is 13.8 Å². The molecule has 0 saturated carbocycles. The predicted octanol–water partition coefficient (Wildman–Crippen LogP) is 2.65. The maximum Gasteiger partial charge on any atom is 0.244 e. The Kier molecular flexibility index (Phi) is 5.65. The van der Waals surface area contributed by atoms with Crippen LogP contribution in [0.4, 0.5) is 0 Å². The molecule has 1 saturated heterocycles. The molecule has 146 valence electrons. The van der Waals surface area contributed by atoms with Crippen molar-refractivity contribution in [3.05, 3.63) is 58.6 Å². The number of hydrogen-bond acceptors (Lipinski definition) is 4. The summed E-state index contributed by atoms with van der Waals surface area (Å²) in [4.78, 5) is 0.260. The first-order valence-electron chi connectivity index (χ1n) is 8.45. The molecule has 3 rings (SSSR count). The minimum absolute atomic E-state index is 0.0459. The number of benzene rings is 2. The van der Waals surface area contributed by atoms with Gasteiger partial charge in [0.1, 0.15) is 4.90 Å². The average molecular weight is 429 g/mol. The summed E-state index contributed by atoms with van der Waals surface area (Å²) >= 11 is 6.12. The lowest BCUT2D eigenvalue weighted by Gasteiger charge is -2.33. The standard InChI is InChI=1S/C18H21ClN2O4S2/c1-14-3-6-16(7-4-14)26(22,23)20-9-11-21(12-10-20)27(24,25)18-8-5-15(2)13-17(18)19/h3-8,13H,9-12H2,1-2H3. The van der Waals surface area contributed by atoms with Gasteiger partial charge in [-0.15, -0.1) is 0 Å². The number of nitrogens with zero attached hydrogens (tertiary/aromatic N) is 2. The second-order valence-corrected chi connectivity index (χ2v) is 10.8. The first-order chi connectivity index (χ1) is 12.6. The molecule has 0 radical (unpaired) electrons. The van der Waals surface area contributed by atoms with Crippen molar-refractivity contribution in [1.82, 2.24) is 8.61 Å². The van der Waals surface area contributed by atoms with Gasteiger partial charge in [-0.1, -0.05) is 35.4 Å². The van der Waals surface area contributed by atoms with Gasteiger partial charge in [-0.05, 0) is 43.7 Å². The summed E-state index contributed by atoms with van der Waals surface area (Å²) in [5.41, 5.74) is 1.84. The zero-order valence-electron chi connectivity index (χ0n) is 15.1. The third-order valence-corrected chi connectivity index (χ3v) is 8.86. The zero-order chi connectivity index (χ0) is 19.8. The van der Waals surface area contributed by atoms with E-state index in [1.165, 1.54) is 14.7 Å². The highest BCUT2D eigenvalue weighted by Crippen LogP contribution is 2.27. The van der Waals surface area contributed by atoms with Crippen LogP contribution >= 0.6 is 11.6 Å². The molecule has 0 aliphatic carbocycles. The van der Waals surface area contributed by atoms with Crippen LogP contribution < -0.4 is 0 Å². The molecule has 1 aliphatic heterocycles. The van der Waals surface area contributed by atoms with Crippen molar-refractivity contribution in [1.29, 1.82) is 0 Å². The molecule has 0 spiro atoms. The second-order valence-electron chi connectivity index (χ2n) is 6.56. The molecule has 0 N–H and O–H groups in total. The average Bonchev–Trinajstić information content (AvgIpc) is 2.62. The van der Waals surface area contributed by atoms with Gasteiger partial charge in [0.15, 0.2) is 0 Å². The van der Waals surface area contributed by atoms with E-state index in [1.54, 1.807) is 36.4 Å². The van der Waals surface area contributed by atoms with Crippen molar-refractivity contribution < 1.29 is 16.8 Å². The fourth-order valence-corrected chi connectivity index (χ4v) is 6.38. The predicted molar refractivity (Wildman–Crippen MR) is 105 cm³/mol.